The zero-order chi connectivity index (χ0) is 13.1. The third kappa shape index (κ3) is 2.59. The Labute approximate surface area is 104 Å². The number of aliphatic hydroxyl groups is 1. The second-order valence-corrected chi connectivity index (χ2v) is 4.55. The minimum atomic E-state index is -0.632. The highest BCUT2D eigenvalue weighted by Crippen LogP contribution is 2.30. The minimum Gasteiger partial charge on any atom is -0.396 e. The Morgan fingerprint density at radius 1 is 1.50 bits per heavy atom. The van der Waals surface area contributed by atoms with Crippen LogP contribution in [0, 0.1) is 21.8 Å². The summed E-state index contributed by atoms with van der Waals surface area (Å²) in [7, 11) is 0. The number of nitro groups is 1. The highest BCUT2D eigenvalue weighted by Gasteiger charge is 2.27. The number of hydrogen-bond donors (Lipinski definition) is 2. The topological polar surface area (TPSA) is 75.4 Å². The van der Waals surface area contributed by atoms with Gasteiger partial charge < -0.3 is 10.4 Å². The molecule has 0 amide bonds. The van der Waals surface area contributed by atoms with Gasteiger partial charge in [-0.15, -0.1) is 0 Å². The Hall–Kier alpha value is -1.69. The Morgan fingerprint density at radius 2 is 2.28 bits per heavy atom. The fourth-order valence-corrected chi connectivity index (χ4v) is 2.38. The number of nitro benzene ring substituents is 1. The van der Waals surface area contributed by atoms with E-state index in [1.807, 2.05) is 0 Å². The minimum absolute atomic E-state index is 0.0333. The summed E-state index contributed by atoms with van der Waals surface area (Å²) in [5.41, 5.74) is -0.00544. The Morgan fingerprint density at radius 3 is 2.89 bits per heavy atom. The van der Waals surface area contributed by atoms with Crippen LogP contribution >= 0.6 is 0 Å². The summed E-state index contributed by atoms with van der Waals surface area (Å²) in [5, 5.41) is 22.7. The van der Waals surface area contributed by atoms with Crippen LogP contribution in [-0.4, -0.2) is 22.7 Å². The van der Waals surface area contributed by atoms with E-state index in [-0.39, 0.29) is 29.9 Å². The van der Waals surface area contributed by atoms with Crippen LogP contribution in [-0.2, 0) is 0 Å². The first-order valence-electron chi connectivity index (χ1n) is 5.93. The molecule has 1 aromatic carbocycles. The lowest BCUT2D eigenvalue weighted by Gasteiger charge is -2.20. The van der Waals surface area contributed by atoms with Gasteiger partial charge in [-0.1, -0.05) is 6.42 Å². The van der Waals surface area contributed by atoms with E-state index in [1.165, 1.54) is 12.1 Å². The quantitative estimate of drug-likeness (QED) is 0.638. The monoisotopic (exact) mass is 254 g/mol. The number of benzene rings is 1. The first-order chi connectivity index (χ1) is 8.61. The van der Waals surface area contributed by atoms with E-state index in [9.17, 15) is 19.6 Å². The van der Waals surface area contributed by atoms with Gasteiger partial charge in [-0.25, -0.2) is 4.39 Å². The van der Waals surface area contributed by atoms with Gasteiger partial charge in [-0.3, -0.25) is 10.1 Å². The highest BCUT2D eigenvalue weighted by atomic mass is 19.1. The van der Waals surface area contributed by atoms with E-state index < -0.39 is 10.7 Å². The molecule has 2 rings (SSSR count). The molecule has 2 unspecified atom stereocenters. The predicted molar refractivity (Wildman–Crippen MR) is 64.9 cm³/mol. The van der Waals surface area contributed by atoms with Crippen molar-refractivity contribution >= 4 is 11.4 Å². The van der Waals surface area contributed by atoms with Crippen LogP contribution in [0.25, 0.3) is 0 Å². The maximum absolute atomic E-state index is 13.7. The number of rotatable bonds is 4. The van der Waals surface area contributed by atoms with Gasteiger partial charge in [-0.05, 0) is 18.9 Å². The van der Waals surface area contributed by atoms with Gasteiger partial charge >= 0.3 is 0 Å². The van der Waals surface area contributed by atoms with Crippen LogP contribution in [0.15, 0.2) is 18.2 Å². The molecule has 2 N–H and O–H groups in total. The zero-order valence-corrected chi connectivity index (χ0v) is 9.80. The normalized spacial score (nSPS) is 23.0. The van der Waals surface area contributed by atoms with Gasteiger partial charge in [0.25, 0.3) is 5.69 Å². The number of anilines is 1. The molecule has 18 heavy (non-hydrogen) atoms. The summed E-state index contributed by atoms with van der Waals surface area (Å²) in [6.45, 7) is 0.0757. The molecule has 0 saturated heterocycles. The van der Waals surface area contributed by atoms with E-state index >= 15 is 0 Å². The molecule has 5 nitrogen and oxygen atoms in total. The average molecular weight is 254 g/mol. The summed E-state index contributed by atoms with van der Waals surface area (Å²) >= 11 is 0. The molecule has 1 aromatic rings. The van der Waals surface area contributed by atoms with Gasteiger partial charge in [-0.2, -0.15) is 0 Å². The Balaban J connectivity index is 2.12. The number of nitrogens with zero attached hydrogens (tertiary/aromatic N) is 1. The van der Waals surface area contributed by atoms with Crippen LogP contribution in [0.4, 0.5) is 15.8 Å². The first-order valence-corrected chi connectivity index (χ1v) is 5.93. The number of aliphatic hydroxyl groups excluding tert-OH is 1. The molecule has 1 aliphatic rings. The summed E-state index contributed by atoms with van der Waals surface area (Å²) in [6, 6.07) is 3.59. The number of hydrogen-bond acceptors (Lipinski definition) is 4. The summed E-state index contributed by atoms with van der Waals surface area (Å²) in [5.74, 6) is -0.507. The van der Waals surface area contributed by atoms with E-state index in [2.05, 4.69) is 5.32 Å². The number of nitrogens with one attached hydrogen (secondary N) is 1. The van der Waals surface area contributed by atoms with Crippen LogP contribution in [0.3, 0.4) is 0 Å². The predicted octanol–water partition coefficient (Wildman–Crippen LogP) is 2.31. The van der Waals surface area contributed by atoms with E-state index in [4.69, 9.17) is 0 Å². The molecule has 0 bridgehead atoms. The van der Waals surface area contributed by atoms with Crippen molar-refractivity contribution in [2.24, 2.45) is 5.92 Å². The molecule has 0 radical (unpaired) electrons. The van der Waals surface area contributed by atoms with Crippen molar-refractivity contribution in [2.45, 2.75) is 25.3 Å². The molecule has 1 fully saturated rings. The van der Waals surface area contributed by atoms with Gasteiger partial charge in [0.15, 0.2) is 5.82 Å². The fourth-order valence-electron chi connectivity index (χ4n) is 2.38. The van der Waals surface area contributed by atoms with Gasteiger partial charge in [0.1, 0.15) is 0 Å². The van der Waals surface area contributed by atoms with Crippen molar-refractivity contribution in [3.05, 3.63) is 34.1 Å². The summed E-state index contributed by atoms with van der Waals surface area (Å²) in [4.78, 5) is 9.87. The second kappa shape index (κ2) is 5.30. The standard InChI is InChI=1S/C12H15FN2O3/c13-10-6-9(15(17)18)4-5-12(10)14-11-3-1-2-8(11)7-16/h4-6,8,11,14,16H,1-3,7H2. The lowest BCUT2D eigenvalue weighted by Crippen LogP contribution is -2.26. The molecule has 1 aliphatic carbocycles. The molecule has 0 heterocycles. The van der Waals surface area contributed by atoms with Gasteiger partial charge in [0.05, 0.1) is 16.7 Å². The SMILES string of the molecule is O=[N+]([O-])c1ccc(NC2CCCC2CO)c(F)c1. The maximum Gasteiger partial charge on any atom is 0.272 e. The Kier molecular flexibility index (Phi) is 3.76. The van der Waals surface area contributed by atoms with Crippen LogP contribution < -0.4 is 5.32 Å². The van der Waals surface area contributed by atoms with Crippen molar-refractivity contribution in [1.29, 1.82) is 0 Å². The van der Waals surface area contributed by atoms with Gasteiger partial charge in [0.2, 0.25) is 0 Å². The number of non-ortho nitro benzene ring substituents is 1. The van der Waals surface area contributed by atoms with Crippen LogP contribution in [0.2, 0.25) is 0 Å². The second-order valence-electron chi connectivity index (χ2n) is 4.55. The van der Waals surface area contributed by atoms with Crippen molar-refractivity contribution < 1.29 is 14.4 Å². The molecular formula is C12H15FN2O3. The van der Waals surface area contributed by atoms with Crippen LogP contribution in [0.5, 0.6) is 0 Å². The van der Waals surface area contributed by atoms with Crippen molar-refractivity contribution in [2.75, 3.05) is 11.9 Å². The third-order valence-corrected chi connectivity index (χ3v) is 3.40. The Bertz CT molecular complexity index is 453. The molecule has 98 valence electrons. The lowest BCUT2D eigenvalue weighted by molar-refractivity contribution is -0.385. The third-order valence-electron chi connectivity index (χ3n) is 3.40. The van der Waals surface area contributed by atoms with Gasteiger partial charge in [0, 0.05) is 24.6 Å². The summed E-state index contributed by atoms with van der Waals surface area (Å²) < 4.78 is 13.7. The molecular weight excluding hydrogens is 239 g/mol. The molecule has 0 aromatic heterocycles. The van der Waals surface area contributed by atoms with E-state index in [0.29, 0.717) is 0 Å². The molecule has 1 saturated carbocycles. The molecule has 0 aliphatic heterocycles. The fraction of sp³-hybridized carbons (Fsp3) is 0.500. The zero-order valence-electron chi connectivity index (χ0n) is 9.80. The molecule has 0 spiro atoms. The van der Waals surface area contributed by atoms with E-state index in [0.717, 1.165) is 25.3 Å². The smallest absolute Gasteiger partial charge is 0.272 e. The van der Waals surface area contributed by atoms with Crippen molar-refractivity contribution in [3.63, 3.8) is 0 Å². The van der Waals surface area contributed by atoms with E-state index in [1.54, 1.807) is 0 Å². The first kappa shape index (κ1) is 12.8. The lowest BCUT2D eigenvalue weighted by atomic mass is 10.0. The van der Waals surface area contributed by atoms with Crippen LogP contribution in [0.1, 0.15) is 19.3 Å². The van der Waals surface area contributed by atoms with Crippen molar-refractivity contribution in [3.8, 4) is 0 Å². The highest BCUT2D eigenvalue weighted by molar-refractivity contribution is 5.50. The summed E-state index contributed by atoms with van der Waals surface area (Å²) in [6.07, 6.45) is 2.79. The molecule has 2 atom stereocenters. The average Bonchev–Trinajstić information content (AvgIpc) is 2.78. The number of halogens is 1. The molecule has 6 heteroatoms. The van der Waals surface area contributed by atoms with Crippen molar-refractivity contribution in [1.82, 2.24) is 0 Å². The maximum atomic E-state index is 13.7. The largest absolute Gasteiger partial charge is 0.396 e.